The highest BCUT2D eigenvalue weighted by atomic mass is 16.6. The van der Waals surface area contributed by atoms with Gasteiger partial charge < -0.3 is 10.2 Å². The smallest absolute Gasteiger partial charge is 0.312 e. The maximum Gasteiger partial charge on any atom is 0.312 e. The molecule has 0 bridgehead atoms. The van der Waals surface area contributed by atoms with Crippen molar-refractivity contribution in [3.05, 3.63) is 86.2 Å². The topological polar surface area (TPSA) is 110 Å². The quantitative estimate of drug-likeness (QED) is 0.436. The monoisotopic (exact) mass is 461 g/mol. The number of carbonyl (C=O) groups excluding carboxylic acids is 2. The van der Waals surface area contributed by atoms with Gasteiger partial charge in [0.1, 0.15) is 11.4 Å². The Hall–Kier alpha value is -4.01. The van der Waals surface area contributed by atoms with E-state index < -0.39 is 4.92 Å². The third-order valence-corrected chi connectivity index (χ3v) is 6.28. The largest absolute Gasteiger partial charge is 0.339 e. The first-order valence-electron chi connectivity index (χ1n) is 11.2. The van der Waals surface area contributed by atoms with Crippen LogP contribution in [0.5, 0.6) is 0 Å². The van der Waals surface area contributed by atoms with Gasteiger partial charge in [0.2, 0.25) is 0 Å². The van der Waals surface area contributed by atoms with Gasteiger partial charge in [0.25, 0.3) is 11.8 Å². The molecule has 1 aliphatic rings. The van der Waals surface area contributed by atoms with E-state index in [1.165, 1.54) is 0 Å². The zero-order valence-corrected chi connectivity index (χ0v) is 19.5. The molecule has 1 saturated heterocycles. The number of hydrogen-bond donors (Lipinski definition) is 1. The second-order valence-corrected chi connectivity index (χ2v) is 8.56. The van der Waals surface area contributed by atoms with E-state index in [9.17, 15) is 19.7 Å². The molecule has 0 aliphatic carbocycles. The average Bonchev–Trinajstić information content (AvgIpc) is 3.43. The number of benzene rings is 2. The Morgan fingerprint density at radius 2 is 1.74 bits per heavy atom. The summed E-state index contributed by atoms with van der Waals surface area (Å²) in [5, 5.41) is 18.4. The maximum absolute atomic E-state index is 12.9. The minimum atomic E-state index is -0.419. The Morgan fingerprint density at radius 1 is 1.06 bits per heavy atom. The van der Waals surface area contributed by atoms with Gasteiger partial charge in [-0.1, -0.05) is 18.2 Å². The van der Waals surface area contributed by atoms with Crippen molar-refractivity contribution in [3.8, 4) is 0 Å². The molecular weight excluding hydrogens is 434 g/mol. The number of aromatic nitrogens is 2. The predicted molar refractivity (Wildman–Crippen MR) is 128 cm³/mol. The molecule has 1 N–H and O–H groups in total. The van der Waals surface area contributed by atoms with Crippen LogP contribution in [0.2, 0.25) is 0 Å². The molecule has 2 amide bonds. The molecule has 2 aromatic carbocycles. The SMILES string of the molecule is Cc1nn(Cc2ccc(C(=O)Nc3cccc(C(=O)N4CCCC4)c3C)cc2)c(C)c1[N+](=O)[O-]. The zero-order chi connectivity index (χ0) is 24.4. The van der Waals surface area contributed by atoms with E-state index in [-0.39, 0.29) is 17.5 Å². The van der Waals surface area contributed by atoms with Gasteiger partial charge in [0.05, 0.1) is 11.5 Å². The fourth-order valence-corrected chi connectivity index (χ4v) is 4.33. The number of nitro groups is 1. The second kappa shape index (κ2) is 9.46. The lowest BCUT2D eigenvalue weighted by Gasteiger charge is -2.18. The van der Waals surface area contributed by atoms with E-state index in [2.05, 4.69) is 10.4 Å². The minimum absolute atomic E-state index is 0.000148. The second-order valence-electron chi connectivity index (χ2n) is 8.56. The van der Waals surface area contributed by atoms with Crippen LogP contribution in [0.15, 0.2) is 42.5 Å². The minimum Gasteiger partial charge on any atom is -0.339 e. The summed E-state index contributed by atoms with van der Waals surface area (Å²) in [7, 11) is 0. The molecule has 1 fully saturated rings. The van der Waals surface area contributed by atoms with Crippen molar-refractivity contribution in [3.63, 3.8) is 0 Å². The van der Waals surface area contributed by atoms with Gasteiger partial charge in [0, 0.05) is 29.9 Å². The summed E-state index contributed by atoms with van der Waals surface area (Å²) in [6, 6.07) is 12.4. The van der Waals surface area contributed by atoms with Crippen LogP contribution in [0.4, 0.5) is 11.4 Å². The molecule has 0 radical (unpaired) electrons. The van der Waals surface area contributed by atoms with Gasteiger partial charge in [-0.05, 0) is 69.0 Å². The summed E-state index contributed by atoms with van der Waals surface area (Å²) in [4.78, 5) is 38.3. The average molecular weight is 462 g/mol. The molecule has 1 aliphatic heterocycles. The summed E-state index contributed by atoms with van der Waals surface area (Å²) >= 11 is 0. The van der Waals surface area contributed by atoms with Crippen molar-refractivity contribution in [2.24, 2.45) is 0 Å². The van der Waals surface area contributed by atoms with Gasteiger partial charge in [0.15, 0.2) is 0 Å². The molecule has 176 valence electrons. The highest BCUT2D eigenvalue weighted by Gasteiger charge is 2.23. The molecule has 4 rings (SSSR count). The van der Waals surface area contributed by atoms with Crippen LogP contribution in [0.25, 0.3) is 0 Å². The fraction of sp³-hybridized carbons (Fsp3) is 0.320. The van der Waals surface area contributed by atoms with Crippen LogP contribution in [0.3, 0.4) is 0 Å². The fourth-order valence-electron chi connectivity index (χ4n) is 4.33. The Kier molecular flexibility index (Phi) is 6.45. The van der Waals surface area contributed by atoms with Gasteiger partial charge in [-0.25, -0.2) is 0 Å². The lowest BCUT2D eigenvalue weighted by molar-refractivity contribution is -0.386. The highest BCUT2D eigenvalue weighted by molar-refractivity contribution is 6.06. The van der Waals surface area contributed by atoms with Crippen molar-refractivity contribution >= 4 is 23.2 Å². The van der Waals surface area contributed by atoms with Crippen LogP contribution < -0.4 is 5.32 Å². The van der Waals surface area contributed by atoms with Gasteiger partial charge >= 0.3 is 5.69 Å². The van der Waals surface area contributed by atoms with E-state index >= 15 is 0 Å². The van der Waals surface area contributed by atoms with Crippen LogP contribution in [0, 0.1) is 30.9 Å². The number of hydrogen-bond acceptors (Lipinski definition) is 5. The number of nitrogens with zero attached hydrogens (tertiary/aromatic N) is 4. The first kappa shape index (κ1) is 23.2. The number of carbonyl (C=O) groups is 2. The standard InChI is InChI=1S/C25H27N5O4/c1-16-21(25(32)28-13-4-5-14-28)7-6-8-22(16)26-24(31)20-11-9-19(10-12-20)15-29-18(3)23(30(33)34)17(2)27-29/h6-12H,4-5,13-15H2,1-3H3,(H,26,31). The maximum atomic E-state index is 12.9. The summed E-state index contributed by atoms with van der Waals surface area (Å²) in [5.74, 6) is -0.276. The lowest BCUT2D eigenvalue weighted by Crippen LogP contribution is -2.28. The molecule has 0 atom stereocenters. The van der Waals surface area contributed by atoms with Crippen molar-refractivity contribution in [1.82, 2.24) is 14.7 Å². The summed E-state index contributed by atoms with van der Waals surface area (Å²) in [6.45, 7) is 7.03. The van der Waals surface area contributed by atoms with Gasteiger partial charge in [-0.2, -0.15) is 5.10 Å². The third-order valence-electron chi connectivity index (χ3n) is 6.28. The summed E-state index contributed by atoms with van der Waals surface area (Å²) in [6.07, 6.45) is 2.04. The number of rotatable bonds is 6. The van der Waals surface area contributed by atoms with Crippen LogP contribution >= 0.6 is 0 Å². The van der Waals surface area contributed by atoms with E-state index in [1.807, 2.05) is 11.8 Å². The molecule has 0 spiro atoms. The van der Waals surface area contributed by atoms with Crippen molar-refractivity contribution in [2.45, 2.75) is 40.2 Å². The van der Waals surface area contributed by atoms with Crippen LogP contribution in [-0.2, 0) is 6.54 Å². The number of likely N-dealkylation sites (tertiary alicyclic amines) is 1. The summed E-state index contributed by atoms with van der Waals surface area (Å²) < 4.78 is 1.59. The predicted octanol–water partition coefficient (Wildman–Crippen LogP) is 4.25. The van der Waals surface area contributed by atoms with Gasteiger partial charge in [-0.15, -0.1) is 0 Å². The summed E-state index contributed by atoms with van der Waals surface area (Å²) in [5.41, 5.74) is 4.18. The highest BCUT2D eigenvalue weighted by Crippen LogP contribution is 2.24. The molecular formula is C25H27N5O4. The van der Waals surface area contributed by atoms with Crippen LogP contribution in [0.1, 0.15) is 56.1 Å². The lowest BCUT2D eigenvalue weighted by atomic mass is 10.0. The van der Waals surface area contributed by atoms with Crippen molar-refractivity contribution in [1.29, 1.82) is 0 Å². The Labute approximate surface area is 197 Å². The van der Waals surface area contributed by atoms with Crippen LogP contribution in [-0.4, -0.2) is 44.5 Å². The Balaban J connectivity index is 1.47. The third kappa shape index (κ3) is 4.54. The normalized spacial score (nSPS) is 13.2. The number of anilines is 1. The zero-order valence-electron chi connectivity index (χ0n) is 19.5. The molecule has 34 heavy (non-hydrogen) atoms. The van der Waals surface area contributed by atoms with E-state index in [0.717, 1.165) is 37.1 Å². The molecule has 3 aromatic rings. The number of nitrogens with one attached hydrogen (secondary N) is 1. The van der Waals surface area contributed by atoms with Gasteiger partial charge in [-0.3, -0.25) is 24.4 Å². The number of amides is 2. The molecule has 9 heteroatoms. The molecule has 0 unspecified atom stereocenters. The van der Waals surface area contributed by atoms with Crippen molar-refractivity contribution < 1.29 is 14.5 Å². The Morgan fingerprint density at radius 3 is 2.35 bits per heavy atom. The molecule has 1 aromatic heterocycles. The van der Waals surface area contributed by atoms with E-state index in [4.69, 9.17) is 0 Å². The first-order chi connectivity index (χ1) is 16.3. The van der Waals surface area contributed by atoms with E-state index in [0.29, 0.717) is 34.7 Å². The molecule has 9 nitrogen and oxygen atoms in total. The Bertz CT molecular complexity index is 1260. The van der Waals surface area contributed by atoms with E-state index in [1.54, 1.807) is 61.0 Å². The van der Waals surface area contributed by atoms with Crippen molar-refractivity contribution in [2.75, 3.05) is 18.4 Å². The first-order valence-corrected chi connectivity index (χ1v) is 11.2. The molecule has 2 heterocycles. The molecule has 0 saturated carbocycles. The number of aryl methyl sites for hydroxylation is 1.